The average molecular weight is 451 g/mol. The molecule has 8 nitrogen and oxygen atoms in total. The molecule has 0 spiro atoms. The fraction of sp³-hybridized carbons (Fsp3) is 0.0476. The summed E-state index contributed by atoms with van der Waals surface area (Å²) in [4.78, 5) is 12.8. The number of benzene rings is 2. The largest absolute Gasteiger partial charge is 0.589 e. The third-order valence-corrected chi connectivity index (χ3v) is 6.10. The van der Waals surface area contributed by atoms with E-state index in [1.165, 1.54) is 5.51 Å². The Morgan fingerprint density at radius 2 is 1.94 bits per heavy atom. The number of anilines is 2. The summed E-state index contributed by atoms with van der Waals surface area (Å²) in [6, 6.07) is 10.9. The molecule has 0 aliphatic heterocycles. The van der Waals surface area contributed by atoms with Crippen LogP contribution in [-0.2, 0) is 0 Å². The van der Waals surface area contributed by atoms with Gasteiger partial charge < -0.3 is 14.6 Å². The molecule has 31 heavy (non-hydrogen) atoms. The number of rotatable bonds is 5. The van der Waals surface area contributed by atoms with E-state index in [1.807, 2.05) is 18.2 Å². The second-order valence-electron chi connectivity index (χ2n) is 6.60. The molecule has 5 rings (SSSR count). The molecule has 1 unspecified atom stereocenters. The van der Waals surface area contributed by atoms with Crippen molar-refractivity contribution in [2.75, 3.05) is 12.4 Å². The van der Waals surface area contributed by atoms with Gasteiger partial charge in [-0.15, -0.1) is 0 Å². The number of thiazole rings is 1. The van der Waals surface area contributed by atoms with E-state index < -0.39 is 10.8 Å². The number of aromatic amines is 1. The molecule has 154 valence electrons. The average Bonchev–Trinajstić information content (AvgIpc) is 3.42. The molecule has 0 aliphatic carbocycles. The summed E-state index contributed by atoms with van der Waals surface area (Å²) in [5.74, 6) is 0.988. The van der Waals surface area contributed by atoms with Gasteiger partial charge in [-0.05, 0) is 35.0 Å². The SMILES string of the molecule is COc1cc(-c2n[nH]cc2-c2cc(Nc3ncccn3)cc3c2nc[s+]3[O-])ccc1Cl. The number of methoxy groups -OCH3 is 1. The molecular weight excluding hydrogens is 436 g/mol. The number of aromatic nitrogens is 5. The minimum atomic E-state index is -1.34. The first-order valence-corrected chi connectivity index (χ1v) is 10.8. The molecule has 3 heterocycles. The Balaban J connectivity index is 1.67. The molecule has 2 N–H and O–H groups in total. The lowest BCUT2D eigenvalue weighted by atomic mass is 10.00. The Hall–Kier alpha value is -3.53. The van der Waals surface area contributed by atoms with Gasteiger partial charge in [0.15, 0.2) is 0 Å². The molecule has 0 radical (unpaired) electrons. The van der Waals surface area contributed by atoms with Crippen LogP contribution in [0.5, 0.6) is 5.75 Å². The molecule has 0 amide bonds. The number of hydrogen-bond donors (Lipinski definition) is 2. The number of nitrogens with one attached hydrogen (secondary N) is 2. The molecule has 2 aromatic carbocycles. The summed E-state index contributed by atoms with van der Waals surface area (Å²) in [6.07, 6.45) is 5.07. The summed E-state index contributed by atoms with van der Waals surface area (Å²) >= 11 is 6.18. The molecule has 10 heteroatoms. The van der Waals surface area contributed by atoms with Crippen LogP contribution >= 0.6 is 22.4 Å². The zero-order valence-electron chi connectivity index (χ0n) is 16.2. The normalized spacial score (nSPS) is 11.6. The lowest BCUT2D eigenvalue weighted by molar-refractivity contribution is 0.415. The fourth-order valence-corrected chi connectivity index (χ4v) is 4.45. The molecule has 1 atom stereocenters. The van der Waals surface area contributed by atoms with Crippen LogP contribution in [0.3, 0.4) is 0 Å². The van der Waals surface area contributed by atoms with Gasteiger partial charge in [-0.1, -0.05) is 17.7 Å². The molecule has 0 saturated heterocycles. The van der Waals surface area contributed by atoms with E-state index in [1.54, 1.807) is 43.9 Å². The number of ether oxygens (including phenoxy) is 1. The van der Waals surface area contributed by atoms with E-state index in [4.69, 9.17) is 16.3 Å². The van der Waals surface area contributed by atoms with Crippen LogP contribution in [0.4, 0.5) is 11.6 Å². The Bertz CT molecular complexity index is 1390. The van der Waals surface area contributed by atoms with Crippen LogP contribution in [0, 0.1) is 0 Å². The standard InChI is InChI=1S/C21H15ClN6O2S/c1-30-17-7-12(3-4-16(17)22)19-15(10-26-28-19)14-8-13(27-21-23-5-2-6-24-21)9-18-20(14)25-11-31(18)29/h2-11H,1H3,(H,26,28)(H,23,24,27). The third-order valence-electron chi connectivity index (χ3n) is 4.75. The molecule has 0 saturated carbocycles. The lowest BCUT2D eigenvalue weighted by Crippen LogP contribution is -1.96. The first-order valence-electron chi connectivity index (χ1n) is 9.19. The van der Waals surface area contributed by atoms with Crippen molar-refractivity contribution in [3.8, 4) is 28.1 Å². The minimum absolute atomic E-state index is 0.438. The quantitative estimate of drug-likeness (QED) is 0.353. The zero-order valence-corrected chi connectivity index (χ0v) is 17.7. The number of fused-ring (bicyclic) bond motifs is 1. The van der Waals surface area contributed by atoms with E-state index in [0.29, 0.717) is 38.3 Å². The second-order valence-corrected chi connectivity index (χ2v) is 8.25. The molecule has 0 bridgehead atoms. The Morgan fingerprint density at radius 1 is 1.10 bits per heavy atom. The zero-order chi connectivity index (χ0) is 21.4. The molecule has 5 aromatic rings. The van der Waals surface area contributed by atoms with Gasteiger partial charge in [-0.25, -0.2) is 9.97 Å². The van der Waals surface area contributed by atoms with Crippen molar-refractivity contribution in [3.63, 3.8) is 0 Å². The van der Waals surface area contributed by atoms with Gasteiger partial charge in [0, 0.05) is 47.0 Å². The van der Waals surface area contributed by atoms with Crippen LogP contribution in [0.15, 0.2) is 60.5 Å². The second kappa shape index (κ2) is 7.95. The van der Waals surface area contributed by atoms with E-state index in [9.17, 15) is 4.55 Å². The highest BCUT2D eigenvalue weighted by atomic mass is 35.5. The van der Waals surface area contributed by atoms with Crippen LogP contribution in [0.2, 0.25) is 5.02 Å². The van der Waals surface area contributed by atoms with Gasteiger partial charge >= 0.3 is 0 Å². The monoisotopic (exact) mass is 450 g/mol. The Morgan fingerprint density at radius 3 is 2.74 bits per heavy atom. The minimum Gasteiger partial charge on any atom is -0.589 e. The summed E-state index contributed by atoms with van der Waals surface area (Å²) in [5, 5.41) is 11.0. The number of halogens is 1. The summed E-state index contributed by atoms with van der Waals surface area (Å²) < 4.78 is 18.5. The van der Waals surface area contributed by atoms with Crippen molar-refractivity contribution in [1.29, 1.82) is 0 Å². The summed E-state index contributed by atoms with van der Waals surface area (Å²) in [5.41, 5.74) is 5.85. The Kier molecular flexibility index (Phi) is 4.99. The van der Waals surface area contributed by atoms with Crippen LogP contribution in [0.25, 0.3) is 32.6 Å². The maximum absolute atomic E-state index is 12.5. The van der Waals surface area contributed by atoms with E-state index in [0.717, 1.165) is 16.7 Å². The van der Waals surface area contributed by atoms with E-state index >= 15 is 0 Å². The maximum atomic E-state index is 12.5. The van der Waals surface area contributed by atoms with Gasteiger partial charge in [0.25, 0.3) is 0 Å². The number of hydrogen-bond acceptors (Lipinski definition) is 7. The molecule has 0 aliphatic rings. The summed E-state index contributed by atoms with van der Waals surface area (Å²) in [6.45, 7) is 0. The van der Waals surface area contributed by atoms with Crippen molar-refractivity contribution < 1.29 is 9.29 Å². The highest BCUT2D eigenvalue weighted by molar-refractivity contribution is 7.29. The highest BCUT2D eigenvalue weighted by Gasteiger charge is 2.20. The van der Waals surface area contributed by atoms with Crippen molar-refractivity contribution in [1.82, 2.24) is 25.1 Å². The smallest absolute Gasteiger partial charge is 0.229 e. The van der Waals surface area contributed by atoms with Gasteiger partial charge in [0.1, 0.15) is 17.0 Å². The van der Waals surface area contributed by atoms with Crippen molar-refractivity contribution >= 4 is 44.2 Å². The first-order chi connectivity index (χ1) is 15.1. The van der Waals surface area contributed by atoms with Gasteiger partial charge in [0.05, 0.1) is 12.1 Å². The van der Waals surface area contributed by atoms with E-state index in [-0.39, 0.29) is 0 Å². The van der Waals surface area contributed by atoms with Crippen LogP contribution < -0.4 is 10.1 Å². The predicted octanol–water partition coefficient (Wildman–Crippen LogP) is 5.22. The highest BCUT2D eigenvalue weighted by Crippen LogP contribution is 2.41. The molecule has 3 aromatic heterocycles. The van der Waals surface area contributed by atoms with Crippen molar-refractivity contribution in [2.24, 2.45) is 0 Å². The van der Waals surface area contributed by atoms with Crippen LogP contribution in [-0.4, -0.2) is 36.8 Å². The third kappa shape index (κ3) is 3.59. The molecule has 0 fully saturated rings. The van der Waals surface area contributed by atoms with Gasteiger partial charge in [0.2, 0.25) is 16.2 Å². The van der Waals surface area contributed by atoms with Gasteiger partial charge in [-0.2, -0.15) is 10.1 Å². The first kappa shape index (κ1) is 19.4. The van der Waals surface area contributed by atoms with E-state index in [2.05, 4.69) is 30.5 Å². The molecular formula is C21H15ClN6O2S. The summed E-state index contributed by atoms with van der Waals surface area (Å²) in [7, 11) is 0.226. The topological polar surface area (TPSA) is 112 Å². The van der Waals surface area contributed by atoms with Crippen LogP contribution in [0.1, 0.15) is 0 Å². The van der Waals surface area contributed by atoms with Gasteiger partial charge in [-0.3, -0.25) is 5.10 Å². The number of nitrogens with zero attached hydrogens (tertiary/aromatic N) is 4. The van der Waals surface area contributed by atoms with Crippen molar-refractivity contribution in [3.05, 3.63) is 65.5 Å². The predicted molar refractivity (Wildman–Crippen MR) is 120 cm³/mol. The fourth-order valence-electron chi connectivity index (χ4n) is 3.34. The Labute approximate surface area is 184 Å². The lowest BCUT2D eigenvalue weighted by Gasteiger charge is -2.09. The number of H-pyrrole nitrogens is 1. The maximum Gasteiger partial charge on any atom is 0.229 e. The van der Waals surface area contributed by atoms with Crippen molar-refractivity contribution in [2.45, 2.75) is 0 Å².